The fraction of sp³-hybridized carbons (Fsp3) is 0.684. The van der Waals surface area contributed by atoms with Crippen molar-refractivity contribution in [3.63, 3.8) is 0 Å². The number of carbonyl (C=O) groups excluding carboxylic acids is 2. The smallest absolute Gasteiger partial charge is 0.351 e. The first-order valence-electron chi connectivity index (χ1n) is 9.86. The Balaban J connectivity index is 1.73. The quantitative estimate of drug-likeness (QED) is 0.586. The number of esters is 1. The van der Waals surface area contributed by atoms with Crippen molar-refractivity contribution in [3.8, 4) is 0 Å². The number of amides is 1. The third-order valence-electron chi connectivity index (χ3n) is 5.70. The number of rotatable bonds is 5. The molecule has 1 aromatic heterocycles. The molecule has 1 amide bonds. The van der Waals surface area contributed by atoms with Crippen LogP contribution in [-0.4, -0.2) is 57.1 Å². The van der Waals surface area contributed by atoms with E-state index in [1.807, 2.05) is 0 Å². The Labute approximate surface area is 167 Å². The Bertz CT molecular complexity index is 811. The summed E-state index contributed by atoms with van der Waals surface area (Å²) in [5, 5.41) is 22.7. The number of aliphatic hydroxyl groups excluding tert-OH is 2. The number of aromatic nitrogens is 2. The summed E-state index contributed by atoms with van der Waals surface area (Å²) in [6, 6.07) is 1.41. The third kappa shape index (κ3) is 4.34. The van der Waals surface area contributed by atoms with Gasteiger partial charge >= 0.3 is 11.7 Å². The van der Waals surface area contributed by atoms with E-state index in [1.165, 1.54) is 19.4 Å². The van der Waals surface area contributed by atoms with Crippen molar-refractivity contribution < 1.29 is 29.3 Å². The fourth-order valence-corrected chi connectivity index (χ4v) is 4.07. The molecule has 1 aliphatic carbocycles. The molecule has 1 aliphatic heterocycles. The molecule has 1 saturated carbocycles. The van der Waals surface area contributed by atoms with E-state index in [9.17, 15) is 24.6 Å². The van der Waals surface area contributed by atoms with E-state index in [4.69, 9.17) is 9.47 Å². The summed E-state index contributed by atoms with van der Waals surface area (Å²) >= 11 is 0. The maximum absolute atomic E-state index is 12.7. The van der Waals surface area contributed by atoms with Gasteiger partial charge in [-0.25, -0.2) is 4.79 Å². The molecule has 0 spiro atoms. The van der Waals surface area contributed by atoms with Gasteiger partial charge in [0.2, 0.25) is 5.91 Å². The standard InChI is InChI=1S/C19H27N3O7/c1-3-12-14(23)15(24)17(29-12)22-9-8-13(21-19(22)27)20-16(25)10-6-4-5-7-11(10)18(26)28-2/h8-12,14-15,17,23-24H,3-7H2,1-2H3,(H,20,21,25,27). The molecular weight excluding hydrogens is 382 g/mol. The zero-order valence-corrected chi connectivity index (χ0v) is 16.5. The number of hydrogen-bond acceptors (Lipinski definition) is 8. The second kappa shape index (κ2) is 9.02. The van der Waals surface area contributed by atoms with Crippen LogP contribution >= 0.6 is 0 Å². The largest absolute Gasteiger partial charge is 0.469 e. The summed E-state index contributed by atoms with van der Waals surface area (Å²) in [7, 11) is 1.30. The van der Waals surface area contributed by atoms with E-state index in [1.54, 1.807) is 6.92 Å². The summed E-state index contributed by atoms with van der Waals surface area (Å²) in [6.07, 6.45) is 0.657. The number of carbonyl (C=O) groups is 2. The van der Waals surface area contributed by atoms with Gasteiger partial charge in [-0.2, -0.15) is 4.98 Å². The van der Waals surface area contributed by atoms with Gasteiger partial charge in [0.1, 0.15) is 18.0 Å². The van der Waals surface area contributed by atoms with Crippen molar-refractivity contribution in [1.82, 2.24) is 9.55 Å². The first-order valence-corrected chi connectivity index (χ1v) is 9.86. The Hall–Kier alpha value is -2.30. The van der Waals surface area contributed by atoms with Gasteiger partial charge in [0, 0.05) is 6.20 Å². The van der Waals surface area contributed by atoms with Gasteiger partial charge in [-0.05, 0) is 25.3 Å². The average molecular weight is 409 g/mol. The Morgan fingerprint density at radius 2 is 1.97 bits per heavy atom. The lowest BCUT2D eigenvalue weighted by Crippen LogP contribution is -2.38. The molecule has 2 fully saturated rings. The molecule has 2 aliphatic rings. The fourth-order valence-electron chi connectivity index (χ4n) is 4.07. The van der Waals surface area contributed by atoms with Crippen LogP contribution < -0.4 is 11.0 Å². The van der Waals surface area contributed by atoms with E-state index < -0.39 is 48.0 Å². The highest BCUT2D eigenvalue weighted by Crippen LogP contribution is 2.32. The van der Waals surface area contributed by atoms with Crippen LogP contribution in [-0.2, 0) is 19.1 Å². The minimum Gasteiger partial charge on any atom is -0.469 e. The van der Waals surface area contributed by atoms with E-state index in [0.29, 0.717) is 19.3 Å². The van der Waals surface area contributed by atoms with Gasteiger partial charge in [0.25, 0.3) is 0 Å². The SMILES string of the molecule is CCC1OC(n2ccc(NC(=O)C3CCCCC3C(=O)OC)nc2=O)C(O)C1O. The van der Waals surface area contributed by atoms with Crippen LogP contribution in [0.25, 0.3) is 0 Å². The molecule has 29 heavy (non-hydrogen) atoms. The van der Waals surface area contributed by atoms with E-state index in [0.717, 1.165) is 17.4 Å². The predicted octanol–water partition coefficient (Wildman–Crippen LogP) is 0.190. The van der Waals surface area contributed by atoms with Crippen LogP contribution in [0.4, 0.5) is 5.82 Å². The summed E-state index contributed by atoms with van der Waals surface area (Å²) < 4.78 is 11.4. The molecule has 1 aromatic rings. The van der Waals surface area contributed by atoms with Crippen LogP contribution in [0.3, 0.4) is 0 Å². The van der Waals surface area contributed by atoms with Crippen molar-refractivity contribution in [2.24, 2.45) is 11.8 Å². The zero-order chi connectivity index (χ0) is 21.1. The molecule has 0 bridgehead atoms. The van der Waals surface area contributed by atoms with Crippen molar-refractivity contribution in [2.45, 2.75) is 63.6 Å². The number of methoxy groups -OCH3 is 1. The first-order chi connectivity index (χ1) is 13.9. The van der Waals surface area contributed by atoms with Gasteiger partial charge in [0.05, 0.1) is 25.0 Å². The van der Waals surface area contributed by atoms with Gasteiger partial charge in [-0.15, -0.1) is 0 Å². The molecule has 6 unspecified atom stereocenters. The van der Waals surface area contributed by atoms with Gasteiger partial charge in [0.15, 0.2) is 6.23 Å². The predicted molar refractivity (Wildman–Crippen MR) is 101 cm³/mol. The number of hydrogen-bond donors (Lipinski definition) is 3. The lowest BCUT2D eigenvalue weighted by molar-refractivity contribution is -0.151. The van der Waals surface area contributed by atoms with Crippen LogP contribution in [0.15, 0.2) is 17.1 Å². The second-order valence-corrected chi connectivity index (χ2v) is 7.47. The molecule has 10 nitrogen and oxygen atoms in total. The lowest BCUT2D eigenvalue weighted by atomic mass is 9.78. The molecule has 0 radical (unpaired) electrons. The minimum absolute atomic E-state index is 0.0468. The minimum atomic E-state index is -1.26. The van der Waals surface area contributed by atoms with E-state index in [-0.39, 0.29) is 11.7 Å². The van der Waals surface area contributed by atoms with Crippen LogP contribution in [0.1, 0.15) is 45.3 Å². The van der Waals surface area contributed by atoms with Crippen LogP contribution in [0.5, 0.6) is 0 Å². The first kappa shape index (κ1) is 21.4. The topological polar surface area (TPSA) is 140 Å². The highest BCUT2D eigenvalue weighted by molar-refractivity contribution is 5.94. The van der Waals surface area contributed by atoms with Crippen molar-refractivity contribution in [2.75, 3.05) is 12.4 Å². The molecule has 3 rings (SSSR count). The van der Waals surface area contributed by atoms with Crippen molar-refractivity contribution >= 4 is 17.7 Å². The molecule has 0 aromatic carbocycles. The van der Waals surface area contributed by atoms with Crippen LogP contribution in [0, 0.1) is 11.8 Å². The lowest BCUT2D eigenvalue weighted by Gasteiger charge is -2.28. The van der Waals surface area contributed by atoms with Gasteiger partial charge in [-0.3, -0.25) is 14.2 Å². The zero-order valence-electron chi connectivity index (χ0n) is 16.5. The highest BCUT2D eigenvalue weighted by Gasteiger charge is 2.43. The molecule has 1 saturated heterocycles. The van der Waals surface area contributed by atoms with Gasteiger partial charge in [-0.1, -0.05) is 19.8 Å². The Kier molecular flexibility index (Phi) is 6.66. The normalized spacial score (nSPS) is 32.0. The van der Waals surface area contributed by atoms with Gasteiger partial charge < -0.3 is 25.0 Å². The molecule has 160 valence electrons. The maximum Gasteiger partial charge on any atom is 0.351 e. The maximum atomic E-state index is 12.7. The van der Waals surface area contributed by atoms with Crippen molar-refractivity contribution in [1.29, 1.82) is 0 Å². The summed E-state index contributed by atoms with van der Waals surface area (Å²) in [4.78, 5) is 40.9. The number of nitrogens with one attached hydrogen (secondary N) is 1. The number of nitrogens with zero attached hydrogens (tertiary/aromatic N) is 2. The summed E-state index contributed by atoms with van der Waals surface area (Å²) in [5.74, 6) is -1.80. The number of anilines is 1. The molecule has 2 heterocycles. The van der Waals surface area contributed by atoms with Crippen LogP contribution in [0.2, 0.25) is 0 Å². The van der Waals surface area contributed by atoms with E-state index in [2.05, 4.69) is 10.3 Å². The summed E-state index contributed by atoms with van der Waals surface area (Å²) in [6.45, 7) is 1.80. The Morgan fingerprint density at radius 1 is 1.28 bits per heavy atom. The Morgan fingerprint density at radius 3 is 2.55 bits per heavy atom. The number of aliphatic hydroxyl groups is 2. The summed E-state index contributed by atoms with van der Waals surface area (Å²) in [5.41, 5.74) is -0.732. The molecule has 3 N–H and O–H groups in total. The molecular formula is C19H27N3O7. The average Bonchev–Trinajstić information content (AvgIpc) is 3.01. The van der Waals surface area contributed by atoms with E-state index >= 15 is 0 Å². The monoisotopic (exact) mass is 409 g/mol. The number of ether oxygens (including phenoxy) is 2. The van der Waals surface area contributed by atoms with Crippen molar-refractivity contribution in [3.05, 3.63) is 22.7 Å². The highest BCUT2D eigenvalue weighted by atomic mass is 16.6. The third-order valence-corrected chi connectivity index (χ3v) is 5.70. The molecule has 10 heteroatoms. The molecule has 6 atom stereocenters. The second-order valence-electron chi connectivity index (χ2n) is 7.47.